The minimum Gasteiger partial charge on any atom is -0.292 e. The summed E-state index contributed by atoms with van der Waals surface area (Å²) in [6, 6.07) is 37.3. The Balaban J connectivity index is 1.62. The molecule has 41 heavy (non-hydrogen) atoms. The van der Waals surface area contributed by atoms with Gasteiger partial charge in [-0.25, -0.2) is 0 Å². The highest BCUT2D eigenvalue weighted by Crippen LogP contribution is 2.40. The van der Waals surface area contributed by atoms with Crippen molar-refractivity contribution in [1.29, 1.82) is 0 Å². The summed E-state index contributed by atoms with van der Waals surface area (Å²) in [6.07, 6.45) is 0. The standard InChI is InChI=1S/C38H35N3/c1-37(2,3)27-16-18-33-29(22-27)30-23-28(38(4,5)6)17-19-34(30)41(33)36-32-21-26-15-11-10-14-25(26)20-31(32)35(39-40-36)24-12-8-7-9-13-24/h7-23H,1-6H3. The molecule has 2 heterocycles. The summed E-state index contributed by atoms with van der Waals surface area (Å²) in [4.78, 5) is 0. The van der Waals surface area contributed by atoms with Gasteiger partial charge in [-0.2, -0.15) is 0 Å². The van der Waals surface area contributed by atoms with E-state index in [1.54, 1.807) is 0 Å². The minimum absolute atomic E-state index is 0.0486. The fourth-order valence-electron chi connectivity index (χ4n) is 5.99. The second kappa shape index (κ2) is 9.01. The first kappa shape index (κ1) is 25.5. The SMILES string of the molecule is CC(C)(C)c1ccc2c(c1)c1cc(C(C)(C)C)ccc1n2-c1nnc(-c2ccccc2)c2cc3ccccc3cc12. The monoisotopic (exact) mass is 533 g/mol. The predicted molar refractivity (Wildman–Crippen MR) is 174 cm³/mol. The molecule has 3 heteroatoms. The second-order valence-corrected chi connectivity index (χ2v) is 13.3. The molecule has 2 aromatic heterocycles. The topological polar surface area (TPSA) is 30.7 Å². The fraction of sp³-hybridized carbons (Fsp3) is 0.211. The second-order valence-electron chi connectivity index (χ2n) is 13.3. The van der Waals surface area contributed by atoms with E-state index in [2.05, 4.69) is 143 Å². The van der Waals surface area contributed by atoms with E-state index in [0.29, 0.717) is 0 Å². The Morgan fingerprint density at radius 2 is 1.00 bits per heavy atom. The maximum Gasteiger partial charge on any atom is 0.168 e. The van der Waals surface area contributed by atoms with Crippen LogP contribution in [0.1, 0.15) is 52.7 Å². The van der Waals surface area contributed by atoms with Gasteiger partial charge in [0.15, 0.2) is 5.82 Å². The van der Waals surface area contributed by atoms with E-state index >= 15 is 0 Å². The van der Waals surface area contributed by atoms with Gasteiger partial charge in [0, 0.05) is 27.1 Å². The molecule has 0 unspecified atom stereocenters. The Hall–Kier alpha value is -4.50. The van der Waals surface area contributed by atoms with Crippen LogP contribution in [0.15, 0.2) is 103 Å². The van der Waals surface area contributed by atoms with Crippen molar-refractivity contribution in [2.45, 2.75) is 52.4 Å². The number of benzene rings is 5. The summed E-state index contributed by atoms with van der Waals surface area (Å²) in [7, 11) is 0. The molecule has 3 nitrogen and oxygen atoms in total. The lowest BCUT2D eigenvalue weighted by Crippen LogP contribution is -2.10. The quantitative estimate of drug-likeness (QED) is 0.207. The Bertz CT molecular complexity index is 2030. The zero-order valence-electron chi connectivity index (χ0n) is 24.7. The van der Waals surface area contributed by atoms with Crippen molar-refractivity contribution in [3.63, 3.8) is 0 Å². The molecule has 0 atom stereocenters. The molecule has 0 bridgehead atoms. The molecule has 7 aromatic rings. The predicted octanol–water partition coefficient (Wildman–Crippen LogP) is 10.1. The molecule has 0 fully saturated rings. The number of fused-ring (bicyclic) bond motifs is 5. The van der Waals surface area contributed by atoms with Gasteiger partial charge in [0.1, 0.15) is 5.69 Å². The number of rotatable bonds is 2. The van der Waals surface area contributed by atoms with Crippen molar-refractivity contribution in [1.82, 2.24) is 14.8 Å². The first-order chi connectivity index (χ1) is 19.6. The fourth-order valence-corrected chi connectivity index (χ4v) is 5.99. The van der Waals surface area contributed by atoms with Gasteiger partial charge in [-0.05, 0) is 69.1 Å². The Morgan fingerprint density at radius 3 is 1.54 bits per heavy atom. The average molecular weight is 534 g/mol. The lowest BCUT2D eigenvalue weighted by atomic mass is 9.85. The van der Waals surface area contributed by atoms with Crippen LogP contribution in [0.4, 0.5) is 0 Å². The largest absolute Gasteiger partial charge is 0.292 e. The van der Waals surface area contributed by atoms with E-state index in [4.69, 9.17) is 10.2 Å². The van der Waals surface area contributed by atoms with Gasteiger partial charge in [-0.1, -0.05) is 108 Å². The van der Waals surface area contributed by atoms with Gasteiger partial charge in [0.25, 0.3) is 0 Å². The zero-order chi connectivity index (χ0) is 28.5. The average Bonchev–Trinajstić information content (AvgIpc) is 3.28. The Kier molecular flexibility index (Phi) is 5.59. The van der Waals surface area contributed by atoms with Crippen LogP contribution in [0.25, 0.3) is 60.4 Å². The lowest BCUT2D eigenvalue weighted by Gasteiger charge is -2.19. The van der Waals surface area contributed by atoms with Gasteiger partial charge < -0.3 is 0 Å². The minimum atomic E-state index is 0.0486. The third-order valence-corrected chi connectivity index (χ3v) is 8.38. The van der Waals surface area contributed by atoms with Crippen molar-refractivity contribution in [3.05, 3.63) is 114 Å². The number of hydrogen-bond acceptors (Lipinski definition) is 2. The molecule has 0 amide bonds. The van der Waals surface area contributed by atoms with Crippen molar-refractivity contribution in [2.75, 3.05) is 0 Å². The van der Waals surface area contributed by atoms with Crippen molar-refractivity contribution in [2.24, 2.45) is 0 Å². The highest BCUT2D eigenvalue weighted by Gasteiger charge is 2.23. The van der Waals surface area contributed by atoms with Crippen LogP contribution < -0.4 is 0 Å². The van der Waals surface area contributed by atoms with Gasteiger partial charge in [0.2, 0.25) is 0 Å². The molecule has 0 N–H and O–H groups in total. The molecule has 0 aliphatic heterocycles. The number of nitrogens with zero attached hydrogens (tertiary/aromatic N) is 3. The van der Waals surface area contributed by atoms with Gasteiger partial charge >= 0.3 is 0 Å². The molecule has 0 saturated carbocycles. The van der Waals surface area contributed by atoms with E-state index in [1.807, 2.05) is 6.07 Å². The van der Waals surface area contributed by atoms with E-state index in [1.165, 1.54) is 32.7 Å². The normalized spacial score (nSPS) is 12.6. The van der Waals surface area contributed by atoms with Gasteiger partial charge in [-0.15, -0.1) is 10.2 Å². The van der Waals surface area contributed by atoms with Crippen LogP contribution in [0.2, 0.25) is 0 Å². The van der Waals surface area contributed by atoms with Crippen molar-refractivity contribution >= 4 is 43.4 Å². The van der Waals surface area contributed by atoms with Crippen LogP contribution in [-0.4, -0.2) is 14.8 Å². The summed E-state index contributed by atoms with van der Waals surface area (Å²) in [5.41, 5.74) is 7.02. The Labute approximate surface area is 241 Å². The van der Waals surface area contributed by atoms with Gasteiger partial charge in [0.05, 0.1) is 11.0 Å². The molecule has 0 spiro atoms. The summed E-state index contributed by atoms with van der Waals surface area (Å²) >= 11 is 0. The van der Waals surface area contributed by atoms with Crippen LogP contribution in [0.3, 0.4) is 0 Å². The molecule has 202 valence electrons. The van der Waals surface area contributed by atoms with E-state index in [-0.39, 0.29) is 10.8 Å². The lowest BCUT2D eigenvalue weighted by molar-refractivity contribution is 0.590. The van der Waals surface area contributed by atoms with E-state index < -0.39 is 0 Å². The molecule has 5 aromatic carbocycles. The maximum absolute atomic E-state index is 4.99. The summed E-state index contributed by atoms with van der Waals surface area (Å²) in [6.45, 7) is 13.7. The van der Waals surface area contributed by atoms with Crippen LogP contribution in [0.5, 0.6) is 0 Å². The summed E-state index contributed by atoms with van der Waals surface area (Å²) in [5.74, 6) is 0.859. The third-order valence-electron chi connectivity index (χ3n) is 8.38. The molecule has 0 radical (unpaired) electrons. The molecular formula is C38H35N3. The summed E-state index contributed by atoms with van der Waals surface area (Å²) in [5, 5.41) is 17.0. The van der Waals surface area contributed by atoms with Crippen molar-refractivity contribution in [3.8, 4) is 17.1 Å². The third kappa shape index (κ3) is 4.19. The molecule has 0 aliphatic rings. The Morgan fingerprint density at radius 1 is 0.488 bits per heavy atom. The molecule has 0 aliphatic carbocycles. The number of hydrogen-bond donors (Lipinski definition) is 0. The van der Waals surface area contributed by atoms with Crippen LogP contribution in [-0.2, 0) is 10.8 Å². The van der Waals surface area contributed by atoms with Crippen LogP contribution in [0, 0.1) is 0 Å². The molecule has 7 rings (SSSR count). The maximum atomic E-state index is 4.99. The van der Waals surface area contributed by atoms with Crippen LogP contribution >= 0.6 is 0 Å². The van der Waals surface area contributed by atoms with E-state index in [9.17, 15) is 0 Å². The zero-order valence-corrected chi connectivity index (χ0v) is 24.7. The highest BCUT2D eigenvalue weighted by molar-refractivity contribution is 6.12. The molecular weight excluding hydrogens is 498 g/mol. The van der Waals surface area contributed by atoms with Crippen molar-refractivity contribution < 1.29 is 0 Å². The van der Waals surface area contributed by atoms with E-state index in [0.717, 1.165) is 38.9 Å². The highest BCUT2D eigenvalue weighted by atomic mass is 15.2. The smallest absolute Gasteiger partial charge is 0.168 e. The number of aromatic nitrogens is 3. The van der Waals surface area contributed by atoms with Gasteiger partial charge in [-0.3, -0.25) is 4.57 Å². The molecule has 0 saturated heterocycles. The first-order valence-corrected chi connectivity index (χ1v) is 14.4. The first-order valence-electron chi connectivity index (χ1n) is 14.4. The summed E-state index contributed by atoms with van der Waals surface area (Å²) < 4.78 is 2.32.